The first-order chi connectivity index (χ1) is 7.72. The lowest BCUT2D eigenvalue weighted by Crippen LogP contribution is -2.19. The molecule has 0 aliphatic carbocycles. The van der Waals surface area contributed by atoms with Crippen LogP contribution in [-0.2, 0) is 6.42 Å². The molecule has 90 valence electrons. The Balaban J connectivity index is 2.82. The molecule has 0 spiro atoms. The van der Waals surface area contributed by atoms with Gasteiger partial charge in [0.05, 0.1) is 14.2 Å². The maximum absolute atomic E-state index is 5.92. The lowest BCUT2D eigenvalue weighted by Gasteiger charge is -2.14. The molecule has 0 saturated carbocycles. The Bertz CT molecular complexity index is 303. The van der Waals surface area contributed by atoms with E-state index in [4.69, 9.17) is 15.2 Å². The molecule has 1 aromatic rings. The molecular weight excluding hydrogens is 202 g/mol. The van der Waals surface area contributed by atoms with Crippen molar-refractivity contribution in [1.82, 2.24) is 0 Å². The minimum absolute atomic E-state index is 0.245. The number of hydrogen-bond donors (Lipinski definition) is 1. The zero-order valence-corrected chi connectivity index (χ0v) is 10.3. The van der Waals surface area contributed by atoms with Gasteiger partial charge >= 0.3 is 0 Å². The van der Waals surface area contributed by atoms with Crippen LogP contribution in [0.1, 0.15) is 25.3 Å². The van der Waals surface area contributed by atoms with Crippen molar-refractivity contribution in [3.8, 4) is 11.5 Å². The molecule has 1 atom stereocenters. The van der Waals surface area contributed by atoms with Crippen LogP contribution in [0.25, 0.3) is 0 Å². The van der Waals surface area contributed by atoms with Crippen LogP contribution >= 0.6 is 0 Å². The van der Waals surface area contributed by atoms with Crippen LogP contribution in [-0.4, -0.2) is 20.3 Å². The number of nitrogens with two attached hydrogens (primary N) is 1. The van der Waals surface area contributed by atoms with Gasteiger partial charge < -0.3 is 15.2 Å². The van der Waals surface area contributed by atoms with Gasteiger partial charge in [0.1, 0.15) is 11.5 Å². The molecule has 2 N–H and O–H groups in total. The highest BCUT2D eigenvalue weighted by Crippen LogP contribution is 2.29. The first-order valence-corrected chi connectivity index (χ1v) is 5.68. The van der Waals surface area contributed by atoms with Crippen LogP contribution in [0.5, 0.6) is 11.5 Å². The van der Waals surface area contributed by atoms with Gasteiger partial charge in [0.15, 0.2) is 0 Å². The fourth-order valence-corrected chi connectivity index (χ4v) is 1.71. The maximum Gasteiger partial charge on any atom is 0.125 e. The lowest BCUT2D eigenvalue weighted by atomic mass is 10.0. The van der Waals surface area contributed by atoms with Gasteiger partial charge in [-0.1, -0.05) is 13.0 Å². The Labute approximate surface area is 97.6 Å². The summed E-state index contributed by atoms with van der Waals surface area (Å²) in [5.41, 5.74) is 7.03. The largest absolute Gasteiger partial charge is 0.496 e. The molecule has 3 heteroatoms. The second-order valence-corrected chi connectivity index (χ2v) is 3.85. The van der Waals surface area contributed by atoms with Crippen LogP contribution in [0, 0.1) is 0 Å². The van der Waals surface area contributed by atoms with Gasteiger partial charge in [-0.05, 0) is 31.4 Å². The number of benzene rings is 1. The van der Waals surface area contributed by atoms with Gasteiger partial charge in [0.2, 0.25) is 0 Å². The second-order valence-electron chi connectivity index (χ2n) is 3.85. The lowest BCUT2D eigenvalue weighted by molar-refractivity contribution is 0.383. The summed E-state index contributed by atoms with van der Waals surface area (Å²) < 4.78 is 10.7. The number of methoxy groups -OCH3 is 2. The molecule has 3 nitrogen and oxygen atoms in total. The van der Waals surface area contributed by atoms with Crippen molar-refractivity contribution in [2.45, 2.75) is 32.2 Å². The highest BCUT2D eigenvalue weighted by atomic mass is 16.5. The fourth-order valence-electron chi connectivity index (χ4n) is 1.71. The molecule has 0 amide bonds. The van der Waals surface area contributed by atoms with Crippen molar-refractivity contribution in [1.29, 1.82) is 0 Å². The number of hydrogen-bond acceptors (Lipinski definition) is 3. The van der Waals surface area contributed by atoms with Crippen LogP contribution in [0.4, 0.5) is 0 Å². The Morgan fingerprint density at radius 3 is 2.19 bits per heavy atom. The molecule has 0 aromatic heterocycles. The summed E-state index contributed by atoms with van der Waals surface area (Å²) in [4.78, 5) is 0. The third kappa shape index (κ3) is 3.14. The van der Waals surface area contributed by atoms with Crippen LogP contribution in [0.15, 0.2) is 18.2 Å². The third-order valence-electron chi connectivity index (χ3n) is 2.82. The van der Waals surface area contributed by atoms with Gasteiger partial charge in [-0.15, -0.1) is 0 Å². The Morgan fingerprint density at radius 1 is 1.19 bits per heavy atom. The standard InChI is InChI=1S/C13H21NO2/c1-4-10(14)8-9-11-12(15-2)6-5-7-13(11)16-3/h5-7,10H,4,8-9,14H2,1-3H3. The highest BCUT2D eigenvalue weighted by Gasteiger charge is 2.10. The van der Waals surface area contributed by atoms with Gasteiger partial charge in [-0.3, -0.25) is 0 Å². The number of ether oxygens (including phenoxy) is 2. The zero-order chi connectivity index (χ0) is 12.0. The molecule has 0 saturated heterocycles. The quantitative estimate of drug-likeness (QED) is 0.805. The van der Waals surface area contributed by atoms with Gasteiger partial charge in [-0.25, -0.2) is 0 Å². The predicted octanol–water partition coefficient (Wildman–Crippen LogP) is 2.37. The van der Waals surface area contributed by atoms with E-state index in [1.54, 1.807) is 14.2 Å². The molecule has 0 aliphatic rings. The third-order valence-corrected chi connectivity index (χ3v) is 2.82. The van der Waals surface area contributed by atoms with Crippen molar-refractivity contribution >= 4 is 0 Å². The van der Waals surface area contributed by atoms with E-state index in [1.165, 1.54) is 0 Å². The first kappa shape index (κ1) is 12.8. The molecule has 16 heavy (non-hydrogen) atoms. The van der Waals surface area contributed by atoms with Crippen molar-refractivity contribution in [2.75, 3.05) is 14.2 Å². The molecular formula is C13H21NO2. The molecule has 1 aromatic carbocycles. The predicted molar refractivity (Wildman–Crippen MR) is 66.1 cm³/mol. The Hall–Kier alpha value is -1.22. The average Bonchev–Trinajstić information content (AvgIpc) is 2.35. The van der Waals surface area contributed by atoms with E-state index < -0.39 is 0 Å². The van der Waals surface area contributed by atoms with Gasteiger partial charge in [-0.2, -0.15) is 0 Å². The smallest absolute Gasteiger partial charge is 0.125 e. The van der Waals surface area contributed by atoms with E-state index in [0.717, 1.165) is 36.3 Å². The van der Waals surface area contributed by atoms with Crippen molar-refractivity contribution < 1.29 is 9.47 Å². The van der Waals surface area contributed by atoms with E-state index >= 15 is 0 Å². The van der Waals surface area contributed by atoms with Gasteiger partial charge in [0, 0.05) is 11.6 Å². The topological polar surface area (TPSA) is 44.5 Å². The van der Waals surface area contributed by atoms with E-state index in [1.807, 2.05) is 18.2 Å². The molecule has 1 unspecified atom stereocenters. The second kappa shape index (κ2) is 6.38. The summed E-state index contributed by atoms with van der Waals surface area (Å²) in [5, 5.41) is 0. The van der Waals surface area contributed by atoms with E-state index in [0.29, 0.717) is 0 Å². The van der Waals surface area contributed by atoms with Crippen LogP contribution in [0.2, 0.25) is 0 Å². The molecule has 0 radical (unpaired) electrons. The summed E-state index contributed by atoms with van der Waals surface area (Å²) in [5.74, 6) is 1.75. The number of rotatable bonds is 6. The van der Waals surface area contributed by atoms with E-state index in [2.05, 4.69) is 6.92 Å². The molecule has 0 heterocycles. The zero-order valence-electron chi connectivity index (χ0n) is 10.3. The van der Waals surface area contributed by atoms with Crippen LogP contribution < -0.4 is 15.2 Å². The van der Waals surface area contributed by atoms with Crippen molar-refractivity contribution in [2.24, 2.45) is 5.73 Å². The summed E-state index contributed by atoms with van der Waals surface area (Å²) in [7, 11) is 3.36. The summed E-state index contributed by atoms with van der Waals surface area (Å²) in [6.45, 7) is 2.10. The minimum atomic E-state index is 0.245. The summed E-state index contributed by atoms with van der Waals surface area (Å²) >= 11 is 0. The molecule has 1 rings (SSSR count). The summed E-state index contributed by atoms with van der Waals surface area (Å²) in [6.07, 6.45) is 2.84. The first-order valence-electron chi connectivity index (χ1n) is 5.68. The van der Waals surface area contributed by atoms with Crippen molar-refractivity contribution in [3.05, 3.63) is 23.8 Å². The fraction of sp³-hybridized carbons (Fsp3) is 0.538. The summed E-state index contributed by atoms with van der Waals surface area (Å²) in [6, 6.07) is 6.08. The highest BCUT2D eigenvalue weighted by molar-refractivity contribution is 5.44. The van der Waals surface area contributed by atoms with E-state index in [-0.39, 0.29) is 6.04 Å². The molecule has 0 aliphatic heterocycles. The SMILES string of the molecule is CCC(N)CCc1c(OC)cccc1OC. The molecule has 0 fully saturated rings. The van der Waals surface area contributed by atoms with Gasteiger partial charge in [0.25, 0.3) is 0 Å². The monoisotopic (exact) mass is 223 g/mol. The van der Waals surface area contributed by atoms with Crippen LogP contribution in [0.3, 0.4) is 0 Å². The Morgan fingerprint density at radius 2 is 1.75 bits per heavy atom. The minimum Gasteiger partial charge on any atom is -0.496 e. The maximum atomic E-state index is 5.92. The Kier molecular flexibility index (Phi) is 5.12. The van der Waals surface area contributed by atoms with E-state index in [9.17, 15) is 0 Å². The van der Waals surface area contributed by atoms with Crippen molar-refractivity contribution in [3.63, 3.8) is 0 Å². The average molecular weight is 223 g/mol. The molecule has 0 bridgehead atoms. The normalized spacial score (nSPS) is 12.2.